The maximum absolute atomic E-state index is 6.23. The summed E-state index contributed by atoms with van der Waals surface area (Å²) in [5.74, 6) is 0. The second kappa shape index (κ2) is 6.25. The van der Waals surface area contributed by atoms with Gasteiger partial charge in [0.2, 0.25) is 0 Å². The Morgan fingerprint density at radius 1 is 1.10 bits per heavy atom. The molecule has 0 aliphatic carbocycles. The predicted octanol–water partition coefficient (Wildman–Crippen LogP) is 4.74. The third kappa shape index (κ3) is 3.23. The highest BCUT2D eigenvalue weighted by Crippen LogP contribution is 2.22. The topological polar surface area (TPSA) is 24.9 Å². The molecular weight excluding hydrogens is 280 g/mol. The second-order valence-electron chi connectivity index (χ2n) is 5.15. The van der Waals surface area contributed by atoms with Gasteiger partial charge >= 0.3 is 0 Å². The van der Waals surface area contributed by atoms with Crippen LogP contribution in [0, 0.1) is 0 Å². The van der Waals surface area contributed by atoms with Gasteiger partial charge in [-0.1, -0.05) is 41.9 Å². The lowest BCUT2D eigenvalue weighted by Gasteiger charge is -2.16. The van der Waals surface area contributed by atoms with Crippen LogP contribution in [0.25, 0.3) is 10.9 Å². The molecule has 0 aliphatic heterocycles. The van der Waals surface area contributed by atoms with E-state index >= 15 is 0 Å². The van der Waals surface area contributed by atoms with Crippen molar-refractivity contribution in [2.75, 3.05) is 0 Å². The molecule has 0 amide bonds. The molecule has 106 valence electrons. The number of fused-ring (bicyclic) bond motifs is 1. The fourth-order valence-electron chi connectivity index (χ4n) is 2.44. The molecule has 0 saturated heterocycles. The third-order valence-corrected chi connectivity index (χ3v) is 4.00. The van der Waals surface area contributed by atoms with Crippen molar-refractivity contribution in [3.63, 3.8) is 0 Å². The average Bonchev–Trinajstić information content (AvgIpc) is 2.53. The van der Waals surface area contributed by atoms with Crippen molar-refractivity contribution in [2.24, 2.45) is 0 Å². The van der Waals surface area contributed by atoms with Crippen LogP contribution < -0.4 is 5.32 Å². The number of hydrogen-bond donors (Lipinski definition) is 1. The summed E-state index contributed by atoms with van der Waals surface area (Å²) in [6, 6.07) is 18.6. The Kier molecular flexibility index (Phi) is 4.18. The van der Waals surface area contributed by atoms with Crippen molar-refractivity contribution in [1.29, 1.82) is 0 Å². The van der Waals surface area contributed by atoms with Gasteiger partial charge in [-0.15, -0.1) is 0 Å². The fourth-order valence-corrected chi connectivity index (χ4v) is 2.74. The molecule has 0 aliphatic rings. The standard InChI is InChI=1S/C18H17ClN2/c1-13(16-6-2-3-7-17(16)19)21-12-14-8-9-18-15(11-14)5-4-10-20-18/h2-11,13,21H,12H2,1H3. The van der Waals surface area contributed by atoms with Crippen molar-refractivity contribution in [3.8, 4) is 0 Å². The molecule has 1 atom stereocenters. The Morgan fingerprint density at radius 2 is 1.95 bits per heavy atom. The zero-order valence-corrected chi connectivity index (χ0v) is 12.6. The van der Waals surface area contributed by atoms with E-state index in [-0.39, 0.29) is 6.04 Å². The van der Waals surface area contributed by atoms with E-state index in [4.69, 9.17) is 11.6 Å². The van der Waals surface area contributed by atoms with E-state index in [1.807, 2.05) is 30.5 Å². The molecule has 0 saturated carbocycles. The van der Waals surface area contributed by atoms with Gasteiger partial charge in [-0.3, -0.25) is 4.98 Å². The Bertz CT molecular complexity index is 755. The molecule has 0 spiro atoms. The zero-order chi connectivity index (χ0) is 14.7. The van der Waals surface area contributed by atoms with Gasteiger partial charge in [0.15, 0.2) is 0 Å². The van der Waals surface area contributed by atoms with Gasteiger partial charge in [-0.25, -0.2) is 0 Å². The van der Waals surface area contributed by atoms with Crippen LogP contribution in [0.15, 0.2) is 60.8 Å². The van der Waals surface area contributed by atoms with Gasteiger partial charge in [-0.05, 0) is 42.3 Å². The van der Waals surface area contributed by atoms with Crippen LogP contribution in [0.1, 0.15) is 24.1 Å². The smallest absolute Gasteiger partial charge is 0.0702 e. The summed E-state index contributed by atoms with van der Waals surface area (Å²) in [7, 11) is 0. The molecule has 2 aromatic carbocycles. The van der Waals surface area contributed by atoms with Crippen molar-refractivity contribution in [2.45, 2.75) is 19.5 Å². The average molecular weight is 297 g/mol. The van der Waals surface area contributed by atoms with Gasteiger partial charge in [-0.2, -0.15) is 0 Å². The summed E-state index contributed by atoms with van der Waals surface area (Å²) in [6.45, 7) is 2.93. The highest BCUT2D eigenvalue weighted by molar-refractivity contribution is 6.31. The van der Waals surface area contributed by atoms with E-state index in [9.17, 15) is 0 Å². The monoisotopic (exact) mass is 296 g/mol. The van der Waals surface area contributed by atoms with Crippen molar-refractivity contribution < 1.29 is 0 Å². The first-order valence-electron chi connectivity index (χ1n) is 7.05. The quantitative estimate of drug-likeness (QED) is 0.752. The summed E-state index contributed by atoms with van der Waals surface area (Å²) in [5.41, 5.74) is 3.40. The summed E-state index contributed by atoms with van der Waals surface area (Å²) in [4.78, 5) is 4.34. The van der Waals surface area contributed by atoms with E-state index in [1.54, 1.807) is 0 Å². The Hall–Kier alpha value is -1.90. The second-order valence-corrected chi connectivity index (χ2v) is 5.56. The van der Waals surface area contributed by atoms with E-state index in [0.717, 1.165) is 22.6 Å². The number of nitrogens with zero attached hydrogens (tertiary/aromatic N) is 1. The molecule has 0 radical (unpaired) electrons. The predicted molar refractivity (Wildman–Crippen MR) is 88.4 cm³/mol. The Morgan fingerprint density at radius 3 is 2.81 bits per heavy atom. The Balaban J connectivity index is 1.73. The lowest BCUT2D eigenvalue weighted by atomic mass is 10.1. The van der Waals surface area contributed by atoms with E-state index < -0.39 is 0 Å². The molecule has 1 N–H and O–H groups in total. The van der Waals surface area contributed by atoms with Gasteiger partial charge < -0.3 is 5.32 Å². The zero-order valence-electron chi connectivity index (χ0n) is 11.9. The van der Waals surface area contributed by atoms with Crippen LogP contribution in [0.5, 0.6) is 0 Å². The highest BCUT2D eigenvalue weighted by Gasteiger charge is 2.08. The van der Waals surface area contributed by atoms with E-state index in [1.165, 1.54) is 10.9 Å². The van der Waals surface area contributed by atoms with Crippen LogP contribution in [-0.2, 0) is 6.54 Å². The molecule has 3 rings (SSSR count). The van der Waals surface area contributed by atoms with Crippen LogP contribution in [0.3, 0.4) is 0 Å². The number of benzene rings is 2. The fraction of sp³-hybridized carbons (Fsp3) is 0.167. The van der Waals surface area contributed by atoms with Crippen molar-refractivity contribution >= 4 is 22.5 Å². The number of aromatic nitrogens is 1. The van der Waals surface area contributed by atoms with E-state index in [0.29, 0.717) is 0 Å². The molecule has 0 fully saturated rings. The number of pyridine rings is 1. The number of hydrogen-bond acceptors (Lipinski definition) is 2. The summed E-state index contributed by atoms with van der Waals surface area (Å²) in [5, 5.41) is 5.49. The number of rotatable bonds is 4. The minimum Gasteiger partial charge on any atom is -0.306 e. The lowest BCUT2D eigenvalue weighted by Crippen LogP contribution is -2.18. The first kappa shape index (κ1) is 14.1. The molecule has 0 bridgehead atoms. The molecule has 1 heterocycles. The summed E-state index contributed by atoms with van der Waals surface area (Å²) >= 11 is 6.23. The normalized spacial score (nSPS) is 12.5. The van der Waals surface area contributed by atoms with Crippen molar-refractivity contribution in [3.05, 3.63) is 76.9 Å². The van der Waals surface area contributed by atoms with Crippen LogP contribution in [0.4, 0.5) is 0 Å². The van der Waals surface area contributed by atoms with E-state index in [2.05, 4.69) is 47.6 Å². The summed E-state index contributed by atoms with van der Waals surface area (Å²) in [6.07, 6.45) is 1.82. The first-order valence-corrected chi connectivity index (χ1v) is 7.43. The summed E-state index contributed by atoms with van der Waals surface area (Å²) < 4.78 is 0. The molecule has 2 nitrogen and oxygen atoms in total. The third-order valence-electron chi connectivity index (χ3n) is 3.65. The van der Waals surface area contributed by atoms with Gasteiger partial charge in [0, 0.05) is 29.2 Å². The van der Waals surface area contributed by atoms with Gasteiger partial charge in [0.05, 0.1) is 5.52 Å². The van der Waals surface area contributed by atoms with Crippen LogP contribution in [-0.4, -0.2) is 4.98 Å². The minimum atomic E-state index is 0.211. The molecule has 3 heteroatoms. The SMILES string of the molecule is CC(NCc1ccc2ncccc2c1)c1ccccc1Cl. The first-order chi connectivity index (χ1) is 10.2. The maximum atomic E-state index is 6.23. The van der Waals surface area contributed by atoms with Gasteiger partial charge in [0.1, 0.15) is 0 Å². The molecule has 1 aromatic heterocycles. The Labute approximate surface area is 129 Å². The highest BCUT2D eigenvalue weighted by atomic mass is 35.5. The molecular formula is C18H17ClN2. The molecule has 1 unspecified atom stereocenters. The molecule has 3 aromatic rings. The number of halogens is 1. The lowest BCUT2D eigenvalue weighted by molar-refractivity contribution is 0.575. The van der Waals surface area contributed by atoms with Crippen LogP contribution >= 0.6 is 11.6 Å². The van der Waals surface area contributed by atoms with Crippen molar-refractivity contribution in [1.82, 2.24) is 10.3 Å². The minimum absolute atomic E-state index is 0.211. The van der Waals surface area contributed by atoms with Gasteiger partial charge in [0.25, 0.3) is 0 Å². The number of nitrogens with one attached hydrogen (secondary N) is 1. The van der Waals surface area contributed by atoms with Crippen LogP contribution in [0.2, 0.25) is 5.02 Å². The molecule has 21 heavy (non-hydrogen) atoms. The maximum Gasteiger partial charge on any atom is 0.0702 e. The largest absolute Gasteiger partial charge is 0.306 e.